The van der Waals surface area contributed by atoms with Gasteiger partial charge in [0, 0.05) is 59.1 Å². The summed E-state index contributed by atoms with van der Waals surface area (Å²) < 4.78 is 0. The molecule has 0 aliphatic carbocycles. The number of hydrogen-bond acceptors (Lipinski definition) is 5. The number of aryl methyl sites for hydroxylation is 2. The van der Waals surface area contributed by atoms with Gasteiger partial charge >= 0.3 is 5.97 Å². The van der Waals surface area contributed by atoms with Crippen LogP contribution in [0.4, 0.5) is 0 Å². The van der Waals surface area contributed by atoms with Crippen molar-refractivity contribution in [3.8, 4) is 0 Å². The average Bonchev–Trinajstić information content (AvgIpc) is 3.66. The predicted molar refractivity (Wildman–Crippen MR) is 184 cm³/mol. The Bertz CT molecular complexity index is 1970. The van der Waals surface area contributed by atoms with Crippen LogP contribution < -0.4 is 11.1 Å². The molecule has 5 rings (SSSR count). The van der Waals surface area contributed by atoms with E-state index in [0.29, 0.717) is 37.3 Å². The van der Waals surface area contributed by atoms with Crippen molar-refractivity contribution in [1.29, 1.82) is 0 Å². The first-order valence-corrected chi connectivity index (χ1v) is 15.2. The molecule has 0 atom stereocenters. The van der Waals surface area contributed by atoms with E-state index in [1.165, 1.54) is 0 Å². The largest absolute Gasteiger partial charge is 0.481 e. The molecule has 8 bridgehead atoms. The number of aromatic amines is 2. The van der Waals surface area contributed by atoms with Crippen molar-refractivity contribution >= 4 is 68.4 Å². The predicted octanol–water partition coefficient (Wildman–Crippen LogP) is 6.80. The van der Waals surface area contributed by atoms with E-state index in [0.717, 1.165) is 78.0 Å². The second-order valence-corrected chi connectivity index (χ2v) is 11.5. The van der Waals surface area contributed by atoms with E-state index in [2.05, 4.69) is 48.4 Å². The van der Waals surface area contributed by atoms with Gasteiger partial charge in [0.15, 0.2) is 0 Å². The number of hydrogen-bond donors (Lipinski definition) is 5. The van der Waals surface area contributed by atoms with E-state index < -0.39 is 5.97 Å². The number of carboxylic acid groups (broad SMARTS) is 1. The van der Waals surface area contributed by atoms with Gasteiger partial charge in [0.2, 0.25) is 5.91 Å². The first-order chi connectivity index (χ1) is 21.6. The van der Waals surface area contributed by atoms with Gasteiger partial charge < -0.3 is 26.1 Å². The first-order valence-electron chi connectivity index (χ1n) is 15.2. The molecule has 2 aliphatic rings. The zero-order valence-corrected chi connectivity index (χ0v) is 26.4. The third kappa shape index (κ3) is 6.17. The Morgan fingerprint density at radius 2 is 1.27 bits per heavy atom. The van der Waals surface area contributed by atoms with Crippen LogP contribution in [0.5, 0.6) is 0 Å². The molecule has 0 aromatic carbocycles. The van der Waals surface area contributed by atoms with Gasteiger partial charge in [0.1, 0.15) is 0 Å². The second-order valence-electron chi connectivity index (χ2n) is 11.5. The topological polar surface area (TPSA) is 150 Å². The van der Waals surface area contributed by atoms with Crippen molar-refractivity contribution in [3.63, 3.8) is 0 Å². The van der Waals surface area contributed by atoms with Crippen LogP contribution in [-0.4, -0.2) is 50.0 Å². The van der Waals surface area contributed by atoms with E-state index in [4.69, 9.17) is 15.7 Å². The number of rotatable bonds is 10. The van der Waals surface area contributed by atoms with Gasteiger partial charge in [0.05, 0.1) is 22.8 Å². The highest BCUT2D eigenvalue weighted by atomic mass is 16.4. The molecule has 0 saturated carbocycles. The van der Waals surface area contributed by atoms with Crippen molar-refractivity contribution < 1.29 is 14.7 Å². The monoisotopic (exact) mass is 604 g/mol. The quantitative estimate of drug-likeness (QED) is 0.172. The molecule has 5 heterocycles. The average molecular weight is 605 g/mol. The van der Waals surface area contributed by atoms with Crippen molar-refractivity contribution in [1.82, 2.24) is 25.3 Å². The fourth-order valence-corrected chi connectivity index (χ4v) is 6.07. The number of fused-ring (bicyclic) bond motifs is 8. The van der Waals surface area contributed by atoms with Crippen LogP contribution in [0.15, 0.2) is 37.4 Å². The molecule has 9 heteroatoms. The van der Waals surface area contributed by atoms with Gasteiger partial charge in [-0.25, -0.2) is 9.97 Å². The standard InChI is InChI=1S/C36H40N6O3/c1-7-23-19(3)27-15-28-21(5)25(9-11-35(43)38-14-13-37)33(41-28)18-34-26(10-12-36(44)45)22(6)30(42-34)17-32-24(8-2)20(4)29(40-32)16-31(23)39-27/h7-8,15-18,39-40H,1-2,9-14,37H2,3-6H3,(H,38,43)(H,44,45). The Labute approximate surface area is 262 Å². The molecule has 0 spiro atoms. The molecule has 0 fully saturated rings. The van der Waals surface area contributed by atoms with E-state index in [-0.39, 0.29) is 18.7 Å². The fraction of sp³-hybridized carbons (Fsp3) is 0.278. The number of carboxylic acids is 1. The molecule has 6 N–H and O–H groups in total. The number of H-pyrrole nitrogens is 2. The smallest absolute Gasteiger partial charge is 0.303 e. The molecule has 0 saturated heterocycles. The fourth-order valence-electron chi connectivity index (χ4n) is 6.07. The summed E-state index contributed by atoms with van der Waals surface area (Å²) in [4.78, 5) is 41.4. The summed E-state index contributed by atoms with van der Waals surface area (Å²) >= 11 is 0. The molecular formula is C36H40N6O3. The van der Waals surface area contributed by atoms with Crippen molar-refractivity contribution in [3.05, 3.63) is 82.5 Å². The maximum Gasteiger partial charge on any atom is 0.303 e. The highest BCUT2D eigenvalue weighted by Gasteiger charge is 2.22. The maximum absolute atomic E-state index is 12.6. The van der Waals surface area contributed by atoms with Gasteiger partial charge in [-0.15, -0.1) is 0 Å². The molecule has 3 aromatic heterocycles. The van der Waals surface area contributed by atoms with Crippen LogP contribution >= 0.6 is 0 Å². The minimum atomic E-state index is -0.873. The van der Waals surface area contributed by atoms with Crippen molar-refractivity contribution in [2.45, 2.75) is 53.4 Å². The Kier molecular flexibility index (Phi) is 9.01. The summed E-state index contributed by atoms with van der Waals surface area (Å²) in [5.74, 6) is -0.950. The lowest BCUT2D eigenvalue weighted by Gasteiger charge is -2.07. The lowest BCUT2D eigenvalue weighted by Crippen LogP contribution is -2.28. The minimum Gasteiger partial charge on any atom is -0.481 e. The van der Waals surface area contributed by atoms with Gasteiger partial charge in [-0.1, -0.05) is 25.3 Å². The van der Waals surface area contributed by atoms with Crippen LogP contribution in [-0.2, 0) is 9.59 Å². The summed E-state index contributed by atoms with van der Waals surface area (Å²) in [5.41, 5.74) is 19.9. The normalized spacial score (nSPS) is 12.9. The molecule has 2 aliphatic heterocycles. The molecule has 0 radical (unpaired) electrons. The van der Waals surface area contributed by atoms with E-state index in [9.17, 15) is 14.7 Å². The van der Waals surface area contributed by atoms with Crippen LogP contribution in [0.1, 0.15) is 84.6 Å². The van der Waals surface area contributed by atoms with Crippen LogP contribution in [0, 0.1) is 13.8 Å². The lowest BCUT2D eigenvalue weighted by atomic mass is 9.98. The SMILES string of the molecule is C=Cc1c(C)c2cc3[nH]c(cc4nc(cc5nc(cc1[nH]2)C(C)=C5CCC(=O)O)C(CCC(=O)NCCN)=C4C)c(C)c3C=C. The molecule has 232 valence electrons. The van der Waals surface area contributed by atoms with Crippen LogP contribution in [0.25, 0.3) is 56.5 Å². The zero-order chi connectivity index (χ0) is 32.4. The molecule has 45 heavy (non-hydrogen) atoms. The molecule has 1 amide bonds. The number of carbonyl (C=O) groups is 2. The third-order valence-electron chi connectivity index (χ3n) is 8.70. The van der Waals surface area contributed by atoms with Crippen LogP contribution in [0.3, 0.4) is 0 Å². The summed E-state index contributed by atoms with van der Waals surface area (Å²) in [7, 11) is 0. The number of aliphatic carboxylic acids is 1. The third-order valence-corrected chi connectivity index (χ3v) is 8.70. The summed E-state index contributed by atoms with van der Waals surface area (Å²) in [5, 5.41) is 12.4. The van der Waals surface area contributed by atoms with Gasteiger partial charge in [0.25, 0.3) is 0 Å². The molecular weight excluding hydrogens is 564 g/mol. The van der Waals surface area contributed by atoms with Crippen molar-refractivity contribution in [2.24, 2.45) is 5.73 Å². The van der Waals surface area contributed by atoms with Gasteiger partial charge in [-0.05, 0) is 98.2 Å². The molecule has 3 aromatic rings. The second kappa shape index (κ2) is 12.9. The Morgan fingerprint density at radius 1 is 0.778 bits per heavy atom. The number of aromatic nitrogens is 4. The highest BCUT2D eigenvalue weighted by molar-refractivity contribution is 5.97. The first kappa shape index (κ1) is 31.4. The number of carbonyl (C=O) groups excluding carboxylic acids is 1. The highest BCUT2D eigenvalue weighted by Crippen LogP contribution is 2.38. The summed E-state index contributed by atoms with van der Waals surface area (Å²) in [6, 6.07) is 8.04. The van der Waals surface area contributed by atoms with Gasteiger partial charge in [-0.3, -0.25) is 9.59 Å². The van der Waals surface area contributed by atoms with Crippen molar-refractivity contribution in [2.75, 3.05) is 13.1 Å². The molecule has 9 nitrogen and oxygen atoms in total. The molecule has 0 unspecified atom stereocenters. The Balaban J connectivity index is 1.85. The maximum atomic E-state index is 12.6. The number of amides is 1. The van der Waals surface area contributed by atoms with E-state index in [1.54, 1.807) is 0 Å². The Hall–Kier alpha value is -5.02. The van der Waals surface area contributed by atoms with E-state index >= 15 is 0 Å². The summed E-state index contributed by atoms with van der Waals surface area (Å²) in [6.45, 7) is 17.0. The van der Waals surface area contributed by atoms with E-state index in [1.807, 2.05) is 44.2 Å². The lowest BCUT2D eigenvalue weighted by molar-refractivity contribution is -0.136. The number of allylic oxidation sites excluding steroid dienone is 4. The van der Waals surface area contributed by atoms with Crippen LogP contribution in [0.2, 0.25) is 0 Å². The van der Waals surface area contributed by atoms with Gasteiger partial charge in [-0.2, -0.15) is 0 Å². The number of nitrogens with zero attached hydrogens (tertiary/aromatic N) is 2. The number of nitrogens with one attached hydrogen (secondary N) is 3. The minimum absolute atomic E-state index is 0.0219. The number of nitrogens with two attached hydrogens (primary N) is 1. The Morgan fingerprint density at radius 3 is 1.78 bits per heavy atom. The zero-order valence-electron chi connectivity index (χ0n) is 26.4. The summed E-state index contributed by atoms with van der Waals surface area (Å²) in [6.07, 6.45) is 4.76.